The van der Waals surface area contributed by atoms with Crippen LogP contribution >= 0.6 is 0 Å². The summed E-state index contributed by atoms with van der Waals surface area (Å²) in [6.45, 7) is 0. The van der Waals surface area contributed by atoms with Gasteiger partial charge in [-0.2, -0.15) is 0 Å². The summed E-state index contributed by atoms with van der Waals surface area (Å²) < 4.78 is 0. The van der Waals surface area contributed by atoms with E-state index in [-0.39, 0.29) is 5.92 Å². The molecule has 0 fully saturated rings. The van der Waals surface area contributed by atoms with Crippen LogP contribution in [0.1, 0.15) is 33.2 Å². The standard InChI is InChI=1S/C21H19NO/c23-16-20-12-7-13-21(22-20)19(14-17-8-3-1-4-9-17)15-18-10-5-2-6-11-18/h1-13,16,19H,14-15H2. The molecule has 0 saturated heterocycles. The fraction of sp³-hybridized carbons (Fsp3) is 0.143. The number of rotatable bonds is 6. The van der Waals surface area contributed by atoms with E-state index in [1.165, 1.54) is 11.1 Å². The van der Waals surface area contributed by atoms with E-state index in [1.54, 1.807) is 6.07 Å². The van der Waals surface area contributed by atoms with Crippen LogP contribution in [0.15, 0.2) is 78.9 Å². The Balaban J connectivity index is 1.90. The Morgan fingerprint density at radius 1 is 0.739 bits per heavy atom. The van der Waals surface area contributed by atoms with Crippen molar-refractivity contribution in [3.8, 4) is 0 Å². The molecule has 1 heterocycles. The highest BCUT2D eigenvalue weighted by atomic mass is 16.1. The molecule has 0 aliphatic heterocycles. The van der Waals surface area contributed by atoms with Gasteiger partial charge in [0.15, 0.2) is 6.29 Å². The van der Waals surface area contributed by atoms with E-state index in [4.69, 9.17) is 0 Å². The Labute approximate surface area is 136 Å². The highest BCUT2D eigenvalue weighted by molar-refractivity contribution is 5.71. The molecule has 0 N–H and O–H groups in total. The van der Waals surface area contributed by atoms with Gasteiger partial charge in [0.25, 0.3) is 0 Å². The number of hydrogen-bond donors (Lipinski definition) is 0. The van der Waals surface area contributed by atoms with Gasteiger partial charge in [0.05, 0.1) is 0 Å². The maximum Gasteiger partial charge on any atom is 0.168 e. The van der Waals surface area contributed by atoms with E-state index in [2.05, 4.69) is 53.5 Å². The first kappa shape index (κ1) is 15.2. The summed E-state index contributed by atoms with van der Waals surface area (Å²) in [5, 5.41) is 0. The fourth-order valence-electron chi connectivity index (χ4n) is 2.84. The molecule has 0 unspecified atom stereocenters. The van der Waals surface area contributed by atoms with E-state index >= 15 is 0 Å². The molecule has 0 radical (unpaired) electrons. The lowest BCUT2D eigenvalue weighted by Gasteiger charge is -2.17. The van der Waals surface area contributed by atoms with Crippen LogP contribution in [0.5, 0.6) is 0 Å². The van der Waals surface area contributed by atoms with Crippen LogP contribution in [0.3, 0.4) is 0 Å². The third-order valence-corrected chi connectivity index (χ3v) is 3.98. The van der Waals surface area contributed by atoms with Crippen LogP contribution in [0.4, 0.5) is 0 Å². The molecule has 0 saturated carbocycles. The first-order valence-electron chi connectivity index (χ1n) is 7.85. The molecule has 0 atom stereocenters. The average Bonchev–Trinajstić information content (AvgIpc) is 2.63. The van der Waals surface area contributed by atoms with Crippen molar-refractivity contribution in [3.63, 3.8) is 0 Å². The van der Waals surface area contributed by atoms with Crippen LogP contribution < -0.4 is 0 Å². The zero-order valence-electron chi connectivity index (χ0n) is 12.9. The van der Waals surface area contributed by atoms with Crippen molar-refractivity contribution >= 4 is 6.29 Å². The molecule has 3 rings (SSSR count). The number of nitrogens with zero attached hydrogens (tertiary/aromatic N) is 1. The minimum Gasteiger partial charge on any atom is -0.296 e. The zero-order chi connectivity index (χ0) is 15.9. The van der Waals surface area contributed by atoms with E-state index < -0.39 is 0 Å². The Kier molecular flexibility index (Phi) is 4.95. The zero-order valence-corrected chi connectivity index (χ0v) is 12.9. The van der Waals surface area contributed by atoms with Gasteiger partial charge in [0.2, 0.25) is 0 Å². The molecule has 1 aromatic heterocycles. The minimum absolute atomic E-state index is 0.250. The molecule has 2 heteroatoms. The Morgan fingerprint density at radius 3 is 1.83 bits per heavy atom. The maximum atomic E-state index is 11.0. The van der Waals surface area contributed by atoms with Crippen molar-refractivity contribution in [2.75, 3.05) is 0 Å². The second-order valence-corrected chi connectivity index (χ2v) is 5.68. The molecule has 2 aromatic carbocycles. The van der Waals surface area contributed by atoms with Gasteiger partial charge in [-0.3, -0.25) is 4.79 Å². The summed E-state index contributed by atoms with van der Waals surface area (Å²) in [4.78, 5) is 15.6. The summed E-state index contributed by atoms with van der Waals surface area (Å²) in [7, 11) is 0. The van der Waals surface area contributed by atoms with Crippen molar-refractivity contribution in [3.05, 3.63) is 101 Å². The quantitative estimate of drug-likeness (QED) is 0.629. The molecule has 114 valence electrons. The Morgan fingerprint density at radius 2 is 1.30 bits per heavy atom. The smallest absolute Gasteiger partial charge is 0.168 e. The van der Waals surface area contributed by atoms with Crippen molar-refractivity contribution in [2.45, 2.75) is 18.8 Å². The van der Waals surface area contributed by atoms with Gasteiger partial charge in [-0.1, -0.05) is 66.7 Å². The van der Waals surface area contributed by atoms with Crippen molar-refractivity contribution in [2.24, 2.45) is 0 Å². The molecular formula is C21H19NO. The number of carbonyl (C=O) groups is 1. The minimum atomic E-state index is 0.250. The van der Waals surface area contributed by atoms with Gasteiger partial charge < -0.3 is 0 Å². The van der Waals surface area contributed by atoms with Gasteiger partial charge in [-0.25, -0.2) is 4.98 Å². The monoisotopic (exact) mass is 301 g/mol. The lowest BCUT2D eigenvalue weighted by atomic mass is 9.89. The van der Waals surface area contributed by atoms with E-state index in [0.29, 0.717) is 5.69 Å². The number of carbonyl (C=O) groups excluding carboxylic acids is 1. The van der Waals surface area contributed by atoms with Crippen LogP contribution in [0, 0.1) is 0 Å². The normalized spacial score (nSPS) is 10.7. The number of benzene rings is 2. The molecule has 3 aromatic rings. The van der Waals surface area contributed by atoms with E-state index in [0.717, 1.165) is 24.8 Å². The van der Waals surface area contributed by atoms with Crippen LogP contribution in [-0.2, 0) is 12.8 Å². The molecule has 0 spiro atoms. The molecule has 0 bridgehead atoms. The van der Waals surface area contributed by atoms with Gasteiger partial charge >= 0.3 is 0 Å². The Hall–Kier alpha value is -2.74. The van der Waals surface area contributed by atoms with Gasteiger partial charge in [0, 0.05) is 11.6 Å². The lowest BCUT2D eigenvalue weighted by Crippen LogP contribution is -2.09. The second-order valence-electron chi connectivity index (χ2n) is 5.68. The summed E-state index contributed by atoms with van der Waals surface area (Å²) in [6.07, 6.45) is 2.63. The highest BCUT2D eigenvalue weighted by Gasteiger charge is 2.15. The second kappa shape index (κ2) is 7.50. The first-order valence-corrected chi connectivity index (χ1v) is 7.85. The first-order chi connectivity index (χ1) is 11.3. The van der Waals surface area contributed by atoms with Crippen LogP contribution in [0.25, 0.3) is 0 Å². The van der Waals surface area contributed by atoms with E-state index in [9.17, 15) is 4.79 Å². The van der Waals surface area contributed by atoms with Crippen molar-refractivity contribution in [1.82, 2.24) is 4.98 Å². The number of hydrogen-bond acceptors (Lipinski definition) is 2. The molecule has 23 heavy (non-hydrogen) atoms. The number of pyridine rings is 1. The van der Waals surface area contributed by atoms with Crippen molar-refractivity contribution < 1.29 is 4.79 Å². The molecule has 0 aliphatic rings. The SMILES string of the molecule is O=Cc1cccc(C(Cc2ccccc2)Cc2ccccc2)n1. The number of aromatic nitrogens is 1. The topological polar surface area (TPSA) is 30.0 Å². The number of aldehydes is 1. The molecule has 2 nitrogen and oxygen atoms in total. The molecule has 0 amide bonds. The Bertz CT molecular complexity index is 712. The lowest BCUT2D eigenvalue weighted by molar-refractivity contribution is 0.111. The summed E-state index contributed by atoms with van der Waals surface area (Å²) in [6, 6.07) is 26.5. The highest BCUT2D eigenvalue weighted by Crippen LogP contribution is 2.24. The average molecular weight is 301 g/mol. The summed E-state index contributed by atoms with van der Waals surface area (Å²) in [5.74, 6) is 0.250. The van der Waals surface area contributed by atoms with Gasteiger partial charge in [-0.15, -0.1) is 0 Å². The summed E-state index contributed by atoms with van der Waals surface area (Å²) in [5.41, 5.74) is 4.04. The fourth-order valence-corrected chi connectivity index (χ4v) is 2.84. The van der Waals surface area contributed by atoms with Crippen molar-refractivity contribution in [1.29, 1.82) is 0 Å². The van der Waals surface area contributed by atoms with Crippen LogP contribution in [-0.4, -0.2) is 11.3 Å². The predicted molar refractivity (Wildman–Crippen MR) is 92.7 cm³/mol. The van der Waals surface area contributed by atoms with Gasteiger partial charge in [0.1, 0.15) is 5.69 Å². The third kappa shape index (κ3) is 4.13. The molecular weight excluding hydrogens is 282 g/mol. The third-order valence-electron chi connectivity index (χ3n) is 3.98. The predicted octanol–water partition coefficient (Wildman–Crippen LogP) is 4.46. The largest absolute Gasteiger partial charge is 0.296 e. The maximum absolute atomic E-state index is 11.0. The van der Waals surface area contributed by atoms with E-state index in [1.807, 2.05) is 24.3 Å². The summed E-state index contributed by atoms with van der Waals surface area (Å²) >= 11 is 0. The molecule has 0 aliphatic carbocycles. The van der Waals surface area contributed by atoms with Crippen LogP contribution in [0.2, 0.25) is 0 Å². The van der Waals surface area contributed by atoms with Gasteiger partial charge in [-0.05, 0) is 36.1 Å².